The molecule has 0 fully saturated rings. The number of carbonyl (C=O) groups is 3. The van der Waals surface area contributed by atoms with Crippen LogP contribution in [-0.4, -0.2) is 80.6 Å². The molecule has 0 aromatic heterocycles. The van der Waals surface area contributed by atoms with Crippen molar-refractivity contribution in [2.45, 2.75) is 219 Å². The van der Waals surface area contributed by atoms with Crippen molar-refractivity contribution in [3.63, 3.8) is 0 Å². The Hall–Kier alpha value is -3.49. The van der Waals surface area contributed by atoms with E-state index in [0.717, 1.165) is 96.3 Å². The van der Waals surface area contributed by atoms with Gasteiger partial charge >= 0.3 is 17.9 Å². The van der Waals surface area contributed by atoms with E-state index in [9.17, 15) is 19.5 Å². The van der Waals surface area contributed by atoms with Crippen LogP contribution < -0.4 is 0 Å². The normalized spacial score (nSPS) is 13.6. The van der Waals surface area contributed by atoms with Crippen molar-refractivity contribution in [1.82, 2.24) is 0 Å². The number of quaternary nitrogens is 1. The van der Waals surface area contributed by atoms with E-state index in [2.05, 4.69) is 98.9 Å². The molecule has 8 nitrogen and oxygen atoms in total. The van der Waals surface area contributed by atoms with Crippen LogP contribution in [-0.2, 0) is 28.6 Å². The highest BCUT2D eigenvalue weighted by atomic mass is 16.6. The van der Waals surface area contributed by atoms with Gasteiger partial charge in [0.1, 0.15) is 6.61 Å². The van der Waals surface area contributed by atoms with E-state index in [1.165, 1.54) is 77.0 Å². The van der Waals surface area contributed by atoms with Gasteiger partial charge in [0.15, 0.2) is 12.1 Å². The number of esters is 2. The third-order valence-electron chi connectivity index (χ3n) is 11.3. The summed E-state index contributed by atoms with van der Waals surface area (Å²) < 4.78 is 17.3. The second-order valence-electron chi connectivity index (χ2n) is 18.4. The average molecular weight is 909 g/mol. The van der Waals surface area contributed by atoms with Gasteiger partial charge in [-0.2, -0.15) is 0 Å². The maximum absolute atomic E-state index is 12.8. The summed E-state index contributed by atoms with van der Waals surface area (Å²) in [7, 11) is 5.52. The molecule has 65 heavy (non-hydrogen) atoms. The number of carbonyl (C=O) groups excluding carboxylic acids is 2. The molecule has 0 bridgehead atoms. The Labute approximate surface area is 399 Å². The molecule has 0 heterocycles. The van der Waals surface area contributed by atoms with Gasteiger partial charge in [-0.05, 0) is 89.9 Å². The lowest BCUT2D eigenvalue weighted by atomic mass is 10.0. The maximum atomic E-state index is 12.8. The van der Waals surface area contributed by atoms with Crippen molar-refractivity contribution in [3.8, 4) is 0 Å². The van der Waals surface area contributed by atoms with Gasteiger partial charge in [0, 0.05) is 19.3 Å². The molecule has 1 N–H and O–H groups in total. The lowest BCUT2D eigenvalue weighted by molar-refractivity contribution is -0.887. The van der Waals surface area contributed by atoms with Crippen LogP contribution in [0.15, 0.2) is 85.1 Å². The van der Waals surface area contributed by atoms with Crippen LogP contribution in [0.3, 0.4) is 0 Å². The Morgan fingerprint density at radius 2 is 0.862 bits per heavy atom. The van der Waals surface area contributed by atoms with Crippen molar-refractivity contribution in [1.29, 1.82) is 0 Å². The number of aliphatic carboxylic acids is 1. The first-order valence-corrected chi connectivity index (χ1v) is 26.1. The molecular formula is C57H98NO7+. The predicted molar refractivity (Wildman–Crippen MR) is 275 cm³/mol. The number of ether oxygens (including phenoxy) is 3. The van der Waals surface area contributed by atoms with E-state index in [4.69, 9.17) is 14.2 Å². The van der Waals surface area contributed by atoms with Crippen molar-refractivity contribution < 1.29 is 38.2 Å². The maximum Gasteiger partial charge on any atom is 0.362 e. The quantitative estimate of drug-likeness (QED) is 0.0281. The zero-order valence-electron chi connectivity index (χ0n) is 42.4. The second-order valence-corrected chi connectivity index (χ2v) is 18.4. The lowest BCUT2D eigenvalue weighted by Crippen LogP contribution is -2.50. The fourth-order valence-electron chi connectivity index (χ4n) is 7.27. The van der Waals surface area contributed by atoms with E-state index in [-0.39, 0.29) is 36.2 Å². The molecule has 8 heteroatoms. The highest BCUT2D eigenvalue weighted by molar-refractivity contribution is 5.72. The van der Waals surface area contributed by atoms with Crippen molar-refractivity contribution in [2.75, 3.05) is 41.0 Å². The van der Waals surface area contributed by atoms with Crippen LogP contribution in [0.25, 0.3) is 0 Å². The Balaban J connectivity index is 4.29. The topological polar surface area (TPSA) is 99.1 Å². The number of likely N-dealkylation sites (N-methyl/N-ethyl adjacent to an activating group) is 1. The molecule has 372 valence electrons. The van der Waals surface area contributed by atoms with E-state index >= 15 is 0 Å². The Morgan fingerprint density at radius 1 is 0.477 bits per heavy atom. The van der Waals surface area contributed by atoms with Crippen LogP contribution >= 0.6 is 0 Å². The van der Waals surface area contributed by atoms with Crippen LogP contribution in [0.4, 0.5) is 0 Å². The Bertz CT molecular complexity index is 1330. The minimum Gasteiger partial charge on any atom is -0.477 e. The summed E-state index contributed by atoms with van der Waals surface area (Å²) in [5.41, 5.74) is 0. The van der Waals surface area contributed by atoms with Crippen LogP contribution in [0.1, 0.15) is 206 Å². The van der Waals surface area contributed by atoms with Crippen molar-refractivity contribution in [3.05, 3.63) is 85.1 Å². The first kappa shape index (κ1) is 61.5. The minimum atomic E-state index is -0.880. The van der Waals surface area contributed by atoms with Crippen LogP contribution in [0.2, 0.25) is 0 Å². The average Bonchev–Trinajstić information content (AvgIpc) is 3.27. The first-order chi connectivity index (χ1) is 31.6. The summed E-state index contributed by atoms with van der Waals surface area (Å²) in [5.74, 6) is -1.50. The zero-order valence-corrected chi connectivity index (χ0v) is 42.4. The number of rotatable bonds is 46. The van der Waals surface area contributed by atoms with Crippen molar-refractivity contribution >= 4 is 17.9 Å². The second kappa shape index (κ2) is 47.0. The van der Waals surface area contributed by atoms with Gasteiger partial charge in [0.25, 0.3) is 0 Å². The SMILES string of the molecule is CC/C=C/C/C=C/C/C=C/CCCCCCCCCCCCC(=O)OC(COCCC(C(=O)O)[N+](C)(C)C)COC(=O)CCCCCCC/C=C/C/C=C/C/C=C/C/C=C/CCCCC. The smallest absolute Gasteiger partial charge is 0.362 e. The Morgan fingerprint density at radius 3 is 1.28 bits per heavy atom. The Kier molecular flexibility index (Phi) is 44.5. The van der Waals surface area contributed by atoms with Gasteiger partial charge in [-0.25, -0.2) is 4.79 Å². The van der Waals surface area contributed by atoms with Gasteiger partial charge in [-0.1, -0.05) is 182 Å². The molecule has 0 aliphatic heterocycles. The van der Waals surface area contributed by atoms with E-state index in [0.29, 0.717) is 19.3 Å². The summed E-state index contributed by atoms with van der Waals surface area (Å²) in [6, 6.07) is -0.623. The monoisotopic (exact) mass is 909 g/mol. The van der Waals surface area contributed by atoms with E-state index in [1.54, 1.807) is 0 Å². The standard InChI is InChI=1S/C57H97NO7/c1-6-8-10-12-14-16-18-20-22-24-26-28-30-31-33-35-37-39-41-43-45-47-55(59)64-52-53(51-63-50-49-54(57(61)62)58(3,4)5)65-56(60)48-46-44-42-40-38-36-34-32-29-27-25-23-21-19-17-15-13-11-9-7-2/h9,11,14-17,20-23,26,28,31,33,53-54H,6-8,10,12-13,18-19,24-25,27,29-30,32,34-52H2,1-5H3/p+1/b11-9+,16-14+,17-15+,22-20+,23-21+,28-26+,33-31+. The number of unbranched alkanes of at least 4 members (excludes halogenated alkanes) is 18. The molecule has 0 aromatic rings. The van der Waals surface area contributed by atoms with Crippen molar-refractivity contribution in [2.24, 2.45) is 0 Å². The number of nitrogens with zero attached hydrogens (tertiary/aromatic N) is 1. The van der Waals surface area contributed by atoms with Gasteiger partial charge in [0.05, 0.1) is 34.4 Å². The fourth-order valence-corrected chi connectivity index (χ4v) is 7.27. The molecule has 0 saturated carbocycles. The number of carboxylic acid groups (broad SMARTS) is 1. The molecule has 0 aliphatic rings. The molecule has 2 unspecified atom stereocenters. The minimum absolute atomic E-state index is 0.0493. The van der Waals surface area contributed by atoms with Crippen LogP contribution in [0.5, 0.6) is 0 Å². The summed E-state index contributed by atoms with van der Waals surface area (Å²) in [6.07, 6.45) is 62.0. The molecule has 0 saturated heterocycles. The third kappa shape index (κ3) is 45.5. The molecule has 0 rings (SSSR count). The third-order valence-corrected chi connectivity index (χ3v) is 11.3. The first-order valence-electron chi connectivity index (χ1n) is 26.1. The van der Waals surface area contributed by atoms with Gasteiger partial charge in [-0.3, -0.25) is 9.59 Å². The molecule has 0 spiro atoms. The highest BCUT2D eigenvalue weighted by Gasteiger charge is 2.31. The summed E-state index contributed by atoms with van der Waals surface area (Å²) in [4.78, 5) is 37.2. The summed E-state index contributed by atoms with van der Waals surface area (Å²) >= 11 is 0. The fraction of sp³-hybridized carbons (Fsp3) is 0.702. The largest absolute Gasteiger partial charge is 0.477 e. The molecule has 0 aliphatic carbocycles. The van der Waals surface area contributed by atoms with Gasteiger partial charge in [-0.15, -0.1) is 0 Å². The van der Waals surface area contributed by atoms with E-state index < -0.39 is 18.1 Å². The zero-order chi connectivity index (χ0) is 47.7. The molecular weight excluding hydrogens is 811 g/mol. The number of hydrogen-bond acceptors (Lipinski definition) is 6. The van der Waals surface area contributed by atoms with Gasteiger partial charge < -0.3 is 23.8 Å². The van der Waals surface area contributed by atoms with Gasteiger partial charge in [0.2, 0.25) is 0 Å². The molecule has 0 aromatic carbocycles. The molecule has 0 radical (unpaired) electrons. The number of hydrogen-bond donors (Lipinski definition) is 1. The summed E-state index contributed by atoms with van der Waals surface area (Å²) in [5, 5.41) is 9.66. The van der Waals surface area contributed by atoms with E-state index in [1.807, 2.05) is 21.1 Å². The molecule has 2 atom stereocenters. The predicted octanol–water partition coefficient (Wildman–Crippen LogP) is 15.3. The summed E-state index contributed by atoms with van der Waals surface area (Å²) in [6.45, 7) is 4.58. The highest BCUT2D eigenvalue weighted by Crippen LogP contribution is 2.15. The number of carboxylic acids is 1. The van der Waals surface area contributed by atoms with Crippen LogP contribution in [0, 0.1) is 0 Å². The lowest BCUT2D eigenvalue weighted by Gasteiger charge is -2.31. The molecule has 0 amide bonds. The number of allylic oxidation sites excluding steroid dienone is 14.